The van der Waals surface area contributed by atoms with Crippen molar-refractivity contribution in [2.75, 3.05) is 0 Å². The Kier molecular flexibility index (Phi) is 3.22. The van der Waals surface area contributed by atoms with Crippen LogP contribution in [0.15, 0.2) is 21.1 Å². The molecule has 5 heteroatoms. The maximum atomic E-state index is 11.0. The van der Waals surface area contributed by atoms with Gasteiger partial charge in [0, 0.05) is 14.5 Å². The summed E-state index contributed by atoms with van der Waals surface area (Å²) in [6, 6.07) is 3.20. The van der Waals surface area contributed by atoms with Gasteiger partial charge in [-0.25, -0.2) is 0 Å². The maximum absolute atomic E-state index is 11.0. The number of rotatable bonds is 2. The van der Waals surface area contributed by atoms with Crippen LogP contribution in [0, 0.1) is 0 Å². The van der Waals surface area contributed by atoms with E-state index in [1.54, 1.807) is 6.07 Å². The van der Waals surface area contributed by atoms with Crippen molar-refractivity contribution in [2.45, 2.75) is 0 Å². The van der Waals surface area contributed by atoms with Crippen LogP contribution in [0.3, 0.4) is 0 Å². The Hall–Kier alpha value is -0.680. The van der Waals surface area contributed by atoms with Gasteiger partial charge in [-0.15, -0.1) is 0 Å². The molecule has 0 saturated heterocycles. The number of carbonyl (C=O) groups is 2. The van der Waals surface area contributed by atoms with Gasteiger partial charge in [-0.3, -0.25) is 9.59 Å². The first kappa shape index (κ1) is 10.4. The molecule has 0 spiro atoms. The molecule has 3 nitrogen and oxygen atoms in total. The number of halogens is 2. The second-order valence-electron chi connectivity index (χ2n) is 2.31. The maximum Gasteiger partial charge on any atom is 0.250 e. The van der Waals surface area contributed by atoms with Gasteiger partial charge in [-0.05, 0) is 44.0 Å². The molecule has 68 valence electrons. The van der Waals surface area contributed by atoms with Gasteiger partial charge in [0.25, 0.3) is 5.91 Å². The average Bonchev–Trinajstić information content (AvgIpc) is 2.08. The lowest BCUT2D eigenvalue weighted by atomic mass is 10.1. The van der Waals surface area contributed by atoms with E-state index in [9.17, 15) is 9.59 Å². The average molecular weight is 307 g/mol. The quantitative estimate of drug-likeness (QED) is 0.851. The molecule has 1 amide bonds. The lowest BCUT2D eigenvalue weighted by Gasteiger charge is -2.04. The van der Waals surface area contributed by atoms with Gasteiger partial charge in [0.05, 0.1) is 5.56 Å². The molecule has 0 saturated carbocycles. The standard InChI is InChI=1S/C8H5Br2NO2/c9-5-2-1-4(3-12)6(7(5)10)8(11)13/h1-3H,(H2,11,13). The molecule has 0 atom stereocenters. The zero-order valence-electron chi connectivity index (χ0n) is 6.38. The van der Waals surface area contributed by atoms with Crippen molar-refractivity contribution < 1.29 is 9.59 Å². The highest BCUT2D eigenvalue weighted by Crippen LogP contribution is 2.28. The molecule has 0 bridgehead atoms. The Morgan fingerprint density at radius 1 is 1.38 bits per heavy atom. The molecule has 0 unspecified atom stereocenters. The van der Waals surface area contributed by atoms with Crippen molar-refractivity contribution in [1.29, 1.82) is 0 Å². The molecule has 1 aromatic carbocycles. The number of primary amides is 1. The fraction of sp³-hybridized carbons (Fsp3) is 0. The first-order chi connectivity index (χ1) is 6.07. The van der Waals surface area contributed by atoms with Crippen LogP contribution in [0.5, 0.6) is 0 Å². The third-order valence-corrected chi connectivity index (χ3v) is 3.52. The van der Waals surface area contributed by atoms with Crippen LogP contribution in [-0.2, 0) is 0 Å². The monoisotopic (exact) mass is 305 g/mol. The van der Waals surface area contributed by atoms with Gasteiger partial charge in [0.15, 0.2) is 6.29 Å². The summed E-state index contributed by atoms with van der Waals surface area (Å²) in [5.41, 5.74) is 5.59. The normalized spacial score (nSPS) is 9.69. The number of aldehydes is 1. The summed E-state index contributed by atoms with van der Waals surface area (Å²) in [4.78, 5) is 21.5. The molecule has 0 aliphatic rings. The van der Waals surface area contributed by atoms with Crippen molar-refractivity contribution >= 4 is 44.1 Å². The molecule has 0 aliphatic heterocycles. The highest BCUT2D eigenvalue weighted by atomic mass is 79.9. The first-order valence-electron chi connectivity index (χ1n) is 3.31. The van der Waals surface area contributed by atoms with E-state index < -0.39 is 5.91 Å². The number of benzene rings is 1. The zero-order valence-corrected chi connectivity index (χ0v) is 9.55. The van der Waals surface area contributed by atoms with E-state index in [1.165, 1.54) is 6.07 Å². The topological polar surface area (TPSA) is 60.2 Å². The SMILES string of the molecule is NC(=O)c1c(C=O)ccc(Br)c1Br. The van der Waals surface area contributed by atoms with Gasteiger partial charge in [-0.1, -0.05) is 0 Å². The molecule has 0 aromatic heterocycles. The molecular formula is C8H5Br2NO2. The van der Waals surface area contributed by atoms with Crippen LogP contribution >= 0.6 is 31.9 Å². The summed E-state index contributed by atoms with van der Waals surface area (Å²) in [5.74, 6) is -0.629. The van der Waals surface area contributed by atoms with E-state index in [0.29, 0.717) is 15.2 Å². The molecule has 0 fully saturated rings. The van der Waals surface area contributed by atoms with Gasteiger partial charge < -0.3 is 5.73 Å². The lowest BCUT2D eigenvalue weighted by Crippen LogP contribution is -2.14. The lowest BCUT2D eigenvalue weighted by molar-refractivity contribution is 0.0992. The molecule has 0 aliphatic carbocycles. The molecule has 13 heavy (non-hydrogen) atoms. The van der Waals surface area contributed by atoms with E-state index in [0.717, 1.165) is 0 Å². The Labute approximate surface area is 91.6 Å². The van der Waals surface area contributed by atoms with Gasteiger partial charge >= 0.3 is 0 Å². The fourth-order valence-electron chi connectivity index (χ4n) is 0.914. The summed E-state index contributed by atoms with van der Waals surface area (Å²) >= 11 is 6.37. The Balaban J connectivity index is 3.50. The van der Waals surface area contributed by atoms with E-state index in [1.807, 2.05) is 0 Å². The van der Waals surface area contributed by atoms with Gasteiger partial charge in [-0.2, -0.15) is 0 Å². The predicted molar refractivity (Wildman–Crippen MR) is 55.7 cm³/mol. The number of carbonyl (C=O) groups excluding carboxylic acids is 2. The number of hydrogen-bond donors (Lipinski definition) is 1. The van der Waals surface area contributed by atoms with Crippen LogP contribution in [-0.4, -0.2) is 12.2 Å². The molecular weight excluding hydrogens is 302 g/mol. The minimum atomic E-state index is -0.629. The van der Waals surface area contributed by atoms with Gasteiger partial charge in [0.1, 0.15) is 0 Å². The van der Waals surface area contributed by atoms with Crippen LogP contribution in [0.4, 0.5) is 0 Å². The van der Waals surface area contributed by atoms with Crippen LogP contribution in [0.1, 0.15) is 20.7 Å². The molecule has 0 radical (unpaired) electrons. The van der Waals surface area contributed by atoms with Gasteiger partial charge in [0.2, 0.25) is 0 Å². The number of hydrogen-bond acceptors (Lipinski definition) is 2. The van der Waals surface area contributed by atoms with Crippen molar-refractivity contribution in [3.05, 3.63) is 32.2 Å². The van der Waals surface area contributed by atoms with E-state index in [4.69, 9.17) is 5.73 Å². The second kappa shape index (κ2) is 4.02. The zero-order chi connectivity index (χ0) is 10.0. The van der Waals surface area contributed by atoms with Crippen molar-refractivity contribution in [2.24, 2.45) is 5.73 Å². The molecule has 0 heterocycles. The Bertz CT molecular complexity index is 377. The third kappa shape index (κ3) is 1.97. The summed E-state index contributed by atoms with van der Waals surface area (Å²) in [6.45, 7) is 0. The summed E-state index contributed by atoms with van der Waals surface area (Å²) in [6.07, 6.45) is 0.595. The highest BCUT2D eigenvalue weighted by Gasteiger charge is 2.13. The number of nitrogens with two attached hydrogens (primary N) is 1. The van der Waals surface area contributed by atoms with E-state index in [-0.39, 0.29) is 11.1 Å². The fourth-order valence-corrected chi connectivity index (χ4v) is 1.80. The van der Waals surface area contributed by atoms with Crippen molar-refractivity contribution in [1.82, 2.24) is 0 Å². The van der Waals surface area contributed by atoms with E-state index >= 15 is 0 Å². The third-order valence-electron chi connectivity index (χ3n) is 1.50. The largest absolute Gasteiger partial charge is 0.366 e. The first-order valence-corrected chi connectivity index (χ1v) is 4.89. The molecule has 1 rings (SSSR count). The van der Waals surface area contributed by atoms with Crippen LogP contribution in [0.2, 0.25) is 0 Å². The predicted octanol–water partition coefficient (Wildman–Crippen LogP) is 2.12. The smallest absolute Gasteiger partial charge is 0.250 e. The second-order valence-corrected chi connectivity index (χ2v) is 3.96. The number of amides is 1. The van der Waals surface area contributed by atoms with Crippen molar-refractivity contribution in [3.8, 4) is 0 Å². The van der Waals surface area contributed by atoms with E-state index in [2.05, 4.69) is 31.9 Å². The van der Waals surface area contributed by atoms with Crippen molar-refractivity contribution in [3.63, 3.8) is 0 Å². The minimum absolute atomic E-state index is 0.198. The Morgan fingerprint density at radius 2 is 2.00 bits per heavy atom. The summed E-state index contributed by atoms with van der Waals surface area (Å²) < 4.78 is 1.19. The van der Waals surface area contributed by atoms with Crippen LogP contribution < -0.4 is 5.73 Å². The van der Waals surface area contributed by atoms with Crippen LogP contribution in [0.25, 0.3) is 0 Å². The minimum Gasteiger partial charge on any atom is -0.366 e. The summed E-state index contributed by atoms with van der Waals surface area (Å²) in [5, 5.41) is 0. The Morgan fingerprint density at radius 3 is 2.46 bits per heavy atom. The molecule has 1 aromatic rings. The summed E-state index contributed by atoms with van der Waals surface area (Å²) in [7, 11) is 0. The molecule has 2 N–H and O–H groups in total. The highest BCUT2D eigenvalue weighted by molar-refractivity contribution is 9.13.